The minimum atomic E-state index is -0.125. The standard InChI is InChI=1S/C23H28ClN3O2/c1-3-12-29-20-9-4-17-13-22(23(28)25-21(17)14-20)26-10-11-27(16(2)15-26)19-7-5-18(24)6-8-19/h4-9,14,16,22H,3,10-13,15H2,1-2H3,(H,25,28). The fourth-order valence-corrected chi connectivity index (χ4v) is 4.38. The van der Waals surface area contributed by atoms with Crippen LogP contribution in [0.2, 0.25) is 5.02 Å². The molecule has 2 unspecified atom stereocenters. The van der Waals surface area contributed by atoms with Gasteiger partial charge in [0.25, 0.3) is 0 Å². The van der Waals surface area contributed by atoms with E-state index in [1.807, 2.05) is 24.3 Å². The molecule has 0 bridgehead atoms. The van der Waals surface area contributed by atoms with Crippen molar-refractivity contribution < 1.29 is 9.53 Å². The molecule has 4 rings (SSSR count). The molecule has 5 nitrogen and oxygen atoms in total. The minimum Gasteiger partial charge on any atom is -0.494 e. The molecule has 2 aromatic rings. The highest BCUT2D eigenvalue weighted by Crippen LogP contribution is 2.30. The quantitative estimate of drug-likeness (QED) is 0.797. The van der Waals surface area contributed by atoms with Crippen LogP contribution < -0.4 is 15.0 Å². The first kappa shape index (κ1) is 20.0. The molecule has 154 valence electrons. The summed E-state index contributed by atoms with van der Waals surface area (Å²) in [5.74, 6) is 0.895. The van der Waals surface area contributed by atoms with Crippen molar-refractivity contribution in [3.05, 3.63) is 53.1 Å². The highest BCUT2D eigenvalue weighted by atomic mass is 35.5. The smallest absolute Gasteiger partial charge is 0.242 e. The molecule has 0 spiro atoms. The normalized spacial score (nSPS) is 22.2. The third-order valence-electron chi connectivity index (χ3n) is 5.79. The van der Waals surface area contributed by atoms with E-state index in [1.165, 1.54) is 11.3 Å². The second kappa shape index (κ2) is 8.64. The fraction of sp³-hybridized carbons (Fsp3) is 0.435. The number of hydrogen-bond donors (Lipinski definition) is 1. The lowest BCUT2D eigenvalue weighted by atomic mass is 9.96. The molecule has 2 atom stereocenters. The van der Waals surface area contributed by atoms with Crippen molar-refractivity contribution in [3.63, 3.8) is 0 Å². The number of amides is 1. The number of nitrogens with one attached hydrogen (secondary N) is 1. The van der Waals surface area contributed by atoms with Crippen molar-refractivity contribution in [3.8, 4) is 5.75 Å². The van der Waals surface area contributed by atoms with E-state index < -0.39 is 0 Å². The zero-order chi connectivity index (χ0) is 20.4. The van der Waals surface area contributed by atoms with Gasteiger partial charge in [-0.15, -0.1) is 0 Å². The SMILES string of the molecule is CCCOc1ccc2c(c1)NC(=O)C(N1CCN(c3ccc(Cl)cc3)C(C)C1)C2. The summed E-state index contributed by atoms with van der Waals surface area (Å²) in [6.07, 6.45) is 1.70. The molecule has 0 aliphatic carbocycles. The van der Waals surface area contributed by atoms with E-state index in [4.69, 9.17) is 16.3 Å². The van der Waals surface area contributed by atoms with Gasteiger partial charge in [-0.2, -0.15) is 0 Å². The van der Waals surface area contributed by atoms with E-state index >= 15 is 0 Å². The van der Waals surface area contributed by atoms with E-state index in [1.54, 1.807) is 0 Å². The number of fused-ring (bicyclic) bond motifs is 1. The summed E-state index contributed by atoms with van der Waals surface area (Å²) in [7, 11) is 0. The van der Waals surface area contributed by atoms with Crippen LogP contribution in [0.4, 0.5) is 11.4 Å². The minimum absolute atomic E-state index is 0.0808. The molecule has 2 aliphatic rings. The van der Waals surface area contributed by atoms with E-state index in [9.17, 15) is 4.79 Å². The van der Waals surface area contributed by atoms with Gasteiger partial charge in [-0.05, 0) is 55.7 Å². The van der Waals surface area contributed by atoms with Crippen molar-refractivity contribution in [2.75, 3.05) is 36.5 Å². The highest BCUT2D eigenvalue weighted by molar-refractivity contribution is 6.30. The molecule has 0 aromatic heterocycles. The number of ether oxygens (including phenoxy) is 1. The molecular weight excluding hydrogens is 386 g/mol. The number of hydrogen-bond acceptors (Lipinski definition) is 4. The summed E-state index contributed by atoms with van der Waals surface area (Å²) in [6.45, 7) is 7.59. The van der Waals surface area contributed by atoms with Gasteiger partial charge in [0.2, 0.25) is 5.91 Å². The summed E-state index contributed by atoms with van der Waals surface area (Å²) < 4.78 is 5.70. The van der Waals surface area contributed by atoms with Crippen molar-refractivity contribution >= 4 is 28.9 Å². The van der Waals surface area contributed by atoms with Crippen LogP contribution in [0.5, 0.6) is 5.75 Å². The average molecular weight is 414 g/mol. The predicted molar refractivity (Wildman–Crippen MR) is 118 cm³/mol. The van der Waals surface area contributed by atoms with Gasteiger partial charge >= 0.3 is 0 Å². The summed E-state index contributed by atoms with van der Waals surface area (Å²) in [4.78, 5) is 17.6. The molecule has 2 aromatic carbocycles. The van der Waals surface area contributed by atoms with Gasteiger partial charge in [-0.25, -0.2) is 0 Å². The van der Waals surface area contributed by atoms with Gasteiger partial charge in [0.1, 0.15) is 5.75 Å². The fourth-order valence-electron chi connectivity index (χ4n) is 4.26. The van der Waals surface area contributed by atoms with Crippen molar-refractivity contribution in [1.29, 1.82) is 0 Å². The number of carbonyl (C=O) groups is 1. The van der Waals surface area contributed by atoms with Crippen molar-refractivity contribution in [2.45, 2.75) is 38.8 Å². The second-order valence-corrected chi connectivity index (χ2v) is 8.33. The van der Waals surface area contributed by atoms with Gasteiger partial charge < -0.3 is 15.0 Å². The Morgan fingerprint density at radius 2 is 1.97 bits per heavy atom. The van der Waals surface area contributed by atoms with Crippen LogP contribution in [0.1, 0.15) is 25.8 Å². The van der Waals surface area contributed by atoms with Gasteiger partial charge in [0.05, 0.1) is 12.6 Å². The first-order valence-corrected chi connectivity index (χ1v) is 10.8. The van der Waals surface area contributed by atoms with Gasteiger partial charge in [0.15, 0.2) is 0 Å². The van der Waals surface area contributed by atoms with Gasteiger partial charge in [0, 0.05) is 48.1 Å². The number of rotatable bonds is 5. The number of halogens is 1. The number of benzene rings is 2. The average Bonchev–Trinajstić information content (AvgIpc) is 2.72. The predicted octanol–water partition coefficient (Wildman–Crippen LogP) is 4.20. The Balaban J connectivity index is 1.43. The summed E-state index contributed by atoms with van der Waals surface area (Å²) in [6, 6.07) is 14.2. The Bertz CT molecular complexity index is 871. The molecule has 0 saturated carbocycles. The zero-order valence-electron chi connectivity index (χ0n) is 17.0. The van der Waals surface area contributed by atoms with Crippen molar-refractivity contribution in [1.82, 2.24) is 4.90 Å². The maximum Gasteiger partial charge on any atom is 0.242 e. The van der Waals surface area contributed by atoms with E-state index in [2.05, 4.69) is 47.2 Å². The summed E-state index contributed by atoms with van der Waals surface area (Å²) in [5, 5.41) is 3.85. The van der Waals surface area contributed by atoms with Crippen LogP contribution >= 0.6 is 11.6 Å². The van der Waals surface area contributed by atoms with E-state index in [-0.39, 0.29) is 11.9 Å². The second-order valence-electron chi connectivity index (χ2n) is 7.89. The maximum atomic E-state index is 12.9. The highest BCUT2D eigenvalue weighted by Gasteiger charge is 2.35. The van der Waals surface area contributed by atoms with Gasteiger partial charge in [-0.1, -0.05) is 24.6 Å². The molecule has 6 heteroatoms. The van der Waals surface area contributed by atoms with E-state index in [0.29, 0.717) is 12.6 Å². The topological polar surface area (TPSA) is 44.8 Å². The van der Waals surface area contributed by atoms with E-state index in [0.717, 1.165) is 48.9 Å². The zero-order valence-corrected chi connectivity index (χ0v) is 17.8. The molecular formula is C23H28ClN3O2. The molecule has 2 heterocycles. The van der Waals surface area contributed by atoms with Crippen LogP contribution in [0.15, 0.2) is 42.5 Å². The maximum absolute atomic E-state index is 12.9. The third-order valence-corrected chi connectivity index (χ3v) is 6.04. The number of carbonyl (C=O) groups excluding carboxylic acids is 1. The van der Waals surface area contributed by atoms with Crippen LogP contribution in [0.3, 0.4) is 0 Å². The van der Waals surface area contributed by atoms with Crippen LogP contribution in [-0.2, 0) is 11.2 Å². The number of anilines is 2. The largest absolute Gasteiger partial charge is 0.494 e. The molecule has 0 radical (unpaired) electrons. The molecule has 1 saturated heterocycles. The molecule has 29 heavy (non-hydrogen) atoms. The first-order chi connectivity index (χ1) is 14.0. The molecule has 1 fully saturated rings. The first-order valence-electron chi connectivity index (χ1n) is 10.4. The Morgan fingerprint density at radius 3 is 2.69 bits per heavy atom. The third kappa shape index (κ3) is 4.36. The number of nitrogens with zero attached hydrogens (tertiary/aromatic N) is 2. The summed E-state index contributed by atoms with van der Waals surface area (Å²) >= 11 is 6.02. The molecule has 1 amide bonds. The Morgan fingerprint density at radius 1 is 1.17 bits per heavy atom. The molecule has 2 aliphatic heterocycles. The lowest BCUT2D eigenvalue weighted by molar-refractivity contribution is -0.122. The van der Waals surface area contributed by atoms with Crippen LogP contribution in [0, 0.1) is 0 Å². The Labute approximate surface area is 177 Å². The van der Waals surface area contributed by atoms with Crippen molar-refractivity contribution in [2.24, 2.45) is 0 Å². The Kier molecular flexibility index (Phi) is 5.97. The lowest BCUT2D eigenvalue weighted by Gasteiger charge is -2.44. The summed E-state index contributed by atoms with van der Waals surface area (Å²) in [5.41, 5.74) is 3.23. The number of piperazine rings is 1. The lowest BCUT2D eigenvalue weighted by Crippen LogP contribution is -2.58. The molecule has 1 N–H and O–H groups in total. The van der Waals surface area contributed by atoms with Crippen LogP contribution in [-0.4, -0.2) is 49.1 Å². The Hall–Kier alpha value is -2.24. The van der Waals surface area contributed by atoms with Crippen LogP contribution in [0.25, 0.3) is 0 Å². The monoisotopic (exact) mass is 413 g/mol. The van der Waals surface area contributed by atoms with Gasteiger partial charge in [-0.3, -0.25) is 9.69 Å².